The van der Waals surface area contributed by atoms with Crippen LogP contribution in [0.15, 0.2) is 18.2 Å². The Kier molecular flexibility index (Phi) is 6.91. The maximum Gasteiger partial charge on any atom is 0.341 e. The number of thiophene rings is 1. The molecule has 1 aliphatic rings. The molecule has 0 unspecified atom stereocenters. The number of carbonyl (C=O) groups is 1. The van der Waals surface area contributed by atoms with Crippen molar-refractivity contribution in [1.82, 2.24) is 0 Å². The molecule has 0 amide bonds. The topological polar surface area (TPSA) is 59.6 Å². The van der Waals surface area contributed by atoms with Crippen LogP contribution in [0.4, 0.5) is 10.7 Å². The van der Waals surface area contributed by atoms with E-state index >= 15 is 0 Å². The minimum absolute atomic E-state index is 0.271. The molecule has 0 spiro atoms. The Morgan fingerprint density at radius 2 is 2.00 bits per heavy atom. The van der Waals surface area contributed by atoms with Crippen molar-refractivity contribution in [2.75, 3.05) is 24.4 Å². The first-order valence-corrected chi connectivity index (χ1v) is 10.8. The fourth-order valence-electron chi connectivity index (χ4n) is 3.41. The molecule has 150 valence electrons. The minimum atomic E-state index is -0.271. The number of fused-ring (bicyclic) bond motifs is 1. The molecule has 0 fully saturated rings. The molecule has 0 radical (unpaired) electrons. The molecule has 1 aromatic carbocycles. The first kappa shape index (κ1) is 20.6. The summed E-state index contributed by atoms with van der Waals surface area (Å²) in [6.07, 6.45) is 5.38. The van der Waals surface area contributed by atoms with E-state index in [1.807, 2.05) is 32.0 Å². The summed E-state index contributed by atoms with van der Waals surface area (Å²) in [4.78, 5) is 13.9. The first-order chi connectivity index (χ1) is 13.5. The lowest BCUT2D eigenvalue weighted by Gasteiger charge is -2.14. The fraction of sp³-hybridized carbons (Fsp3) is 0.429. The highest BCUT2D eigenvalue weighted by molar-refractivity contribution is 7.80. The van der Waals surface area contributed by atoms with Gasteiger partial charge in [0.05, 0.1) is 19.3 Å². The minimum Gasteiger partial charge on any atom is -0.497 e. The van der Waals surface area contributed by atoms with Gasteiger partial charge in [0.1, 0.15) is 10.8 Å². The van der Waals surface area contributed by atoms with Gasteiger partial charge in [-0.05, 0) is 81.1 Å². The summed E-state index contributed by atoms with van der Waals surface area (Å²) in [5, 5.41) is 7.68. The number of ether oxygens (including phenoxy) is 2. The lowest BCUT2D eigenvalue weighted by Crippen LogP contribution is -2.21. The molecule has 3 rings (SSSR count). The molecular formula is C21H26N2O3S2. The van der Waals surface area contributed by atoms with Gasteiger partial charge < -0.3 is 20.1 Å². The van der Waals surface area contributed by atoms with Crippen LogP contribution in [0.2, 0.25) is 0 Å². The van der Waals surface area contributed by atoms with Gasteiger partial charge >= 0.3 is 5.97 Å². The number of aryl methyl sites for hydroxylation is 2. The van der Waals surface area contributed by atoms with Crippen LogP contribution in [0.3, 0.4) is 0 Å². The van der Waals surface area contributed by atoms with Crippen LogP contribution < -0.4 is 15.4 Å². The molecule has 0 bridgehead atoms. The molecule has 0 atom stereocenters. The van der Waals surface area contributed by atoms with Crippen LogP contribution in [-0.4, -0.2) is 24.8 Å². The van der Waals surface area contributed by atoms with Crippen molar-refractivity contribution in [3.05, 3.63) is 39.8 Å². The molecular weight excluding hydrogens is 392 g/mol. The van der Waals surface area contributed by atoms with Gasteiger partial charge in [0.15, 0.2) is 5.11 Å². The average Bonchev–Trinajstić information content (AvgIpc) is 2.84. The van der Waals surface area contributed by atoms with Crippen molar-refractivity contribution in [3.63, 3.8) is 0 Å². The Bertz CT molecular complexity index is 877. The molecule has 0 saturated carbocycles. The second-order valence-corrected chi connectivity index (χ2v) is 8.26. The molecule has 1 heterocycles. The van der Waals surface area contributed by atoms with Crippen LogP contribution in [-0.2, 0) is 17.6 Å². The predicted molar refractivity (Wildman–Crippen MR) is 119 cm³/mol. The first-order valence-electron chi connectivity index (χ1n) is 9.57. The van der Waals surface area contributed by atoms with Crippen molar-refractivity contribution in [3.8, 4) is 5.75 Å². The summed E-state index contributed by atoms with van der Waals surface area (Å²) in [5.74, 6) is 0.529. The summed E-state index contributed by atoms with van der Waals surface area (Å²) in [6.45, 7) is 4.18. The number of hydrogen-bond donors (Lipinski definition) is 2. The number of benzene rings is 1. The van der Waals surface area contributed by atoms with Gasteiger partial charge in [-0.3, -0.25) is 0 Å². The molecule has 0 aliphatic heterocycles. The third-order valence-corrected chi connectivity index (χ3v) is 6.22. The van der Waals surface area contributed by atoms with E-state index in [2.05, 4.69) is 10.6 Å². The quantitative estimate of drug-likeness (QED) is 0.389. The zero-order chi connectivity index (χ0) is 20.1. The predicted octanol–water partition coefficient (Wildman–Crippen LogP) is 5.32. The number of hydrogen-bond acceptors (Lipinski definition) is 5. The van der Waals surface area contributed by atoms with Crippen LogP contribution in [0, 0.1) is 6.92 Å². The Balaban J connectivity index is 1.83. The van der Waals surface area contributed by atoms with E-state index < -0.39 is 0 Å². The zero-order valence-electron chi connectivity index (χ0n) is 16.5. The van der Waals surface area contributed by atoms with Crippen molar-refractivity contribution in [1.29, 1.82) is 0 Å². The van der Waals surface area contributed by atoms with Gasteiger partial charge in [-0.15, -0.1) is 11.3 Å². The summed E-state index contributed by atoms with van der Waals surface area (Å²) in [6, 6.07) is 5.76. The monoisotopic (exact) mass is 418 g/mol. The van der Waals surface area contributed by atoms with Gasteiger partial charge in [-0.25, -0.2) is 4.79 Å². The molecule has 2 aromatic rings. The van der Waals surface area contributed by atoms with Crippen LogP contribution in [0.5, 0.6) is 5.75 Å². The Labute approximate surface area is 175 Å². The standard InChI is InChI=1S/C21H26N2O3S2/c1-4-26-20(24)18-15-8-6-5-7-9-17(15)28-19(18)23-21(27)22-16-11-10-14(25-3)12-13(16)2/h10-12H,4-9H2,1-3H3,(H2,22,23,27). The fourth-order valence-corrected chi connectivity index (χ4v) is 4.97. The number of thiocarbonyl (C=S) groups is 1. The molecule has 1 aliphatic carbocycles. The third-order valence-electron chi connectivity index (χ3n) is 4.81. The number of methoxy groups -OCH3 is 1. The molecule has 7 heteroatoms. The largest absolute Gasteiger partial charge is 0.497 e. The molecule has 0 saturated heterocycles. The number of nitrogens with one attached hydrogen (secondary N) is 2. The van der Waals surface area contributed by atoms with Gasteiger partial charge in [0, 0.05) is 10.6 Å². The lowest BCUT2D eigenvalue weighted by molar-refractivity contribution is 0.0527. The van der Waals surface area contributed by atoms with Crippen molar-refractivity contribution < 1.29 is 14.3 Å². The van der Waals surface area contributed by atoms with E-state index in [1.54, 1.807) is 18.4 Å². The number of anilines is 2. The van der Waals surface area contributed by atoms with Crippen LogP contribution in [0.25, 0.3) is 0 Å². The van der Waals surface area contributed by atoms with Crippen LogP contribution >= 0.6 is 23.6 Å². The summed E-state index contributed by atoms with van der Waals surface area (Å²) >= 11 is 7.14. The lowest BCUT2D eigenvalue weighted by atomic mass is 10.1. The van der Waals surface area contributed by atoms with E-state index in [0.717, 1.165) is 53.2 Å². The molecule has 28 heavy (non-hydrogen) atoms. The highest BCUT2D eigenvalue weighted by atomic mass is 32.1. The van der Waals surface area contributed by atoms with Crippen LogP contribution in [0.1, 0.15) is 52.5 Å². The SMILES string of the molecule is CCOC(=O)c1c(NC(=S)Nc2ccc(OC)cc2C)sc2c1CCCCC2. The molecule has 1 aromatic heterocycles. The number of esters is 1. The highest BCUT2D eigenvalue weighted by Crippen LogP contribution is 2.38. The number of carbonyl (C=O) groups excluding carboxylic acids is 1. The maximum atomic E-state index is 12.6. The van der Waals surface area contributed by atoms with E-state index in [1.165, 1.54) is 11.3 Å². The van der Waals surface area contributed by atoms with E-state index in [4.69, 9.17) is 21.7 Å². The second kappa shape index (κ2) is 9.39. The van der Waals surface area contributed by atoms with Gasteiger partial charge in [-0.1, -0.05) is 6.42 Å². The van der Waals surface area contributed by atoms with Crippen molar-refractivity contribution in [2.24, 2.45) is 0 Å². The summed E-state index contributed by atoms with van der Waals surface area (Å²) in [5.41, 5.74) is 3.71. The van der Waals surface area contributed by atoms with Gasteiger partial charge in [0.2, 0.25) is 0 Å². The third kappa shape index (κ3) is 4.64. The summed E-state index contributed by atoms with van der Waals surface area (Å²) < 4.78 is 10.6. The molecule has 2 N–H and O–H groups in total. The Morgan fingerprint density at radius 3 is 2.71 bits per heavy atom. The van der Waals surface area contributed by atoms with E-state index in [-0.39, 0.29) is 5.97 Å². The molecule has 5 nitrogen and oxygen atoms in total. The van der Waals surface area contributed by atoms with E-state index in [9.17, 15) is 4.79 Å². The highest BCUT2D eigenvalue weighted by Gasteiger charge is 2.26. The van der Waals surface area contributed by atoms with Gasteiger partial charge in [0.25, 0.3) is 0 Å². The van der Waals surface area contributed by atoms with Crippen molar-refractivity contribution >= 4 is 45.3 Å². The van der Waals surface area contributed by atoms with E-state index in [0.29, 0.717) is 17.3 Å². The second-order valence-electron chi connectivity index (χ2n) is 6.75. The Hall–Kier alpha value is -2.12. The summed E-state index contributed by atoms with van der Waals surface area (Å²) in [7, 11) is 1.64. The smallest absolute Gasteiger partial charge is 0.341 e. The van der Waals surface area contributed by atoms with Gasteiger partial charge in [-0.2, -0.15) is 0 Å². The number of rotatable bonds is 5. The normalized spacial score (nSPS) is 13.2. The zero-order valence-corrected chi connectivity index (χ0v) is 18.1. The average molecular weight is 419 g/mol. The van der Waals surface area contributed by atoms with Crippen molar-refractivity contribution in [2.45, 2.75) is 46.0 Å². The Morgan fingerprint density at radius 1 is 1.21 bits per heavy atom. The maximum absolute atomic E-state index is 12.6.